The molecule has 0 radical (unpaired) electrons. The number of nitrogens with zero attached hydrogens (tertiary/aromatic N) is 2. The molecular weight excluding hydrogens is 205 g/mol. The zero-order chi connectivity index (χ0) is 8.43. The van der Waals surface area contributed by atoms with Crippen molar-refractivity contribution in [1.82, 2.24) is 4.98 Å². The Morgan fingerprint density at radius 1 is 1.73 bits per heavy atom. The molecule has 5 heteroatoms. The van der Waals surface area contributed by atoms with Gasteiger partial charge in [0.1, 0.15) is 11.9 Å². The van der Waals surface area contributed by atoms with E-state index >= 15 is 0 Å². The van der Waals surface area contributed by atoms with Gasteiger partial charge in [0, 0.05) is 10.1 Å². The molecule has 0 aliphatic rings. The van der Waals surface area contributed by atoms with Crippen LogP contribution in [0.2, 0.25) is 0 Å². The first kappa shape index (κ1) is 8.09. The van der Waals surface area contributed by atoms with E-state index in [-0.39, 0.29) is 5.82 Å². The number of hydrogen-bond donors (Lipinski definition) is 1. The van der Waals surface area contributed by atoms with Crippen molar-refractivity contribution in [1.29, 1.82) is 5.26 Å². The van der Waals surface area contributed by atoms with Crippen LogP contribution in [0.25, 0.3) is 0 Å². The first-order valence-corrected chi connectivity index (χ1v) is 3.77. The Morgan fingerprint density at radius 2 is 2.36 bits per heavy atom. The lowest BCUT2D eigenvalue weighted by Gasteiger charge is -2.00. The summed E-state index contributed by atoms with van der Waals surface area (Å²) >= 11 is 3.25. The van der Waals surface area contributed by atoms with E-state index in [9.17, 15) is 0 Å². The van der Waals surface area contributed by atoms with Crippen molar-refractivity contribution in [2.45, 2.75) is 0 Å². The Kier molecular flexibility index (Phi) is 2.15. The predicted octanol–water partition coefficient (Wildman–Crippen LogP) is -0.444. The van der Waals surface area contributed by atoms with Crippen LogP contribution in [-0.4, -0.2) is 12.8 Å². The first-order chi connectivity index (χ1) is 5.15. The van der Waals surface area contributed by atoms with Crippen LogP contribution < -0.4 is 11.3 Å². The molecule has 0 amide bonds. The van der Waals surface area contributed by atoms with Gasteiger partial charge in [-0.05, 0) is 22.0 Å². The van der Waals surface area contributed by atoms with Crippen LogP contribution in [-0.2, 0) is 0 Å². The molecule has 0 saturated carbocycles. The molecule has 0 fully saturated rings. The highest BCUT2D eigenvalue weighted by Crippen LogP contribution is 2.11. The fourth-order valence-electron chi connectivity index (χ4n) is 0.689. The van der Waals surface area contributed by atoms with Crippen molar-refractivity contribution in [3.63, 3.8) is 0 Å². The van der Waals surface area contributed by atoms with Crippen molar-refractivity contribution in [2.24, 2.45) is 0 Å². The molecule has 0 bridgehead atoms. The summed E-state index contributed by atoms with van der Waals surface area (Å²) in [6.45, 7) is 0. The molecule has 3 nitrogen and oxygen atoms in total. The second kappa shape index (κ2) is 2.93. The number of anilines is 1. The first-order valence-electron chi connectivity index (χ1n) is 2.98. The standard InChI is InChI=1S/C6H5BBrN3/c7-5-4(8)1-3(2-9)6(10)11-5/h1H,7H2,(H2,10,11). The van der Waals surface area contributed by atoms with Crippen LogP contribution in [0.5, 0.6) is 0 Å². The molecular formula is C6H5BBrN3. The SMILES string of the molecule is Bc1nc(N)c(C#N)cc1Br. The molecule has 1 rings (SSSR count). The molecule has 1 aromatic heterocycles. The van der Waals surface area contributed by atoms with Gasteiger partial charge in [0.2, 0.25) is 0 Å². The Hall–Kier alpha value is -1.02. The van der Waals surface area contributed by atoms with Gasteiger partial charge in [0.15, 0.2) is 7.85 Å². The van der Waals surface area contributed by atoms with Gasteiger partial charge in [-0.3, -0.25) is 0 Å². The second-order valence-corrected chi connectivity index (χ2v) is 2.95. The minimum atomic E-state index is 0.285. The number of nitriles is 1. The minimum Gasteiger partial charge on any atom is -0.383 e. The molecule has 0 atom stereocenters. The van der Waals surface area contributed by atoms with Crippen LogP contribution in [0.4, 0.5) is 5.82 Å². The second-order valence-electron chi connectivity index (χ2n) is 2.10. The maximum atomic E-state index is 8.54. The highest BCUT2D eigenvalue weighted by atomic mass is 79.9. The van der Waals surface area contributed by atoms with Crippen molar-refractivity contribution in [2.75, 3.05) is 5.73 Å². The summed E-state index contributed by atoms with van der Waals surface area (Å²) in [5, 5.41) is 8.54. The van der Waals surface area contributed by atoms with Crippen LogP contribution in [0, 0.1) is 11.3 Å². The van der Waals surface area contributed by atoms with Crippen LogP contribution in [0.3, 0.4) is 0 Å². The predicted molar refractivity (Wildman–Crippen MR) is 49.2 cm³/mol. The van der Waals surface area contributed by atoms with Crippen molar-refractivity contribution < 1.29 is 0 Å². The maximum absolute atomic E-state index is 8.54. The van der Waals surface area contributed by atoms with E-state index in [0.717, 1.165) is 10.1 Å². The highest BCUT2D eigenvalue weighted by molar-refractivity contribution is 9.10. The van der Waals surface area contributed by atoms with Crippen molar-refractivity contribution >= 4 is 35.2 Å². The van der Waals surface area contributed by atoms with E-state index in [1.807, 2.05) is 13.9 Å². The summed E-state index contributed by atoms with van der Waals surface area (Å²) in [6, 6.07) is 3.61. The quantitative estimate of drug-likeness (QED) is 0.590. The summed E-state index contributed by atoms with van der Waals surface area (Å²) < 4.78 is 0.809. The summed E-state index contributed by atoms with van der Waals surface area (Å²) in [6.07, 6.45) is 0. The number of aromatic nitrogens is 1. The van der Waals surface area contributed by atoms with Gasteiger partial charge in [-0.25, -0.2) is 4.98 Å². The normalized spacial score (nSPS) is 9.09. The lowest BCUT2D eigenvalue weighted by Crippen LogP contribution is -2.13. The largest absolute Gasteiger partial charge is 0.383 e. The molecule has 1 aromatic rings. The number of nitrogens with two attached hydrogens (primary N) is 1. The smallest absolute Gasteiger partial charge is 0.165 e. The average Bonchev–Trinajstić information content (AvgIpc) is 1.97. The van der Waals surface area contributed by atoms with Gasteiger partial charge in [0.25, 0.3) is 0 Å². The Balaban J connectivity index is 3.35. The molecule has 54 valence electrons. The zero-order valence-corrected chi connectivity index (χ0v) is 7.51. The van der Waals surface area contributed by atoms with Gasteiger partial charge in [0.05, 0.1) is 5.56 Å². The van der Waals surface area contributed by atoms with Gasteiger partial charge < -0.3 is 5.73 Å². The third kappa shape index (κ3) is 1.52. The molecule has 0 aliphatic carbocycles. The van der Waals surface area contributed by atoms with E-state index in [0.29, 0.717) is 5.56 Å². The number of rotatable bonds is 0. The highest BCUT2D eigenvalue weighted by Gasteiger charge is 2.02. The fraction of sp³-hybridized carbons (Fsp3) is 0. The van der Waals surface area contributed by atoms with Crippen molar-refractivity contribution in [3.05, 3.63) is 16.1 Å². The topological polar surface area (TPSA) is 62.7 Å². The zero-order valence-electron chi connectivity index (χ0n) is 5.93. The number of nitrogen functional groups attached to an aromatic ring is 1. The van der Waals surface area contributed by atoms with Gasteiger partial charge in [-0.1, -0.05) is 0 Å². The maximum Gasteiger partial charge on any atom is 0.165 e. The van der Waals surface area contributed by atoms with E-state index in [4.69, 9.17) is 11.0 Å². The third-order valence-corrected chi connectivity index (χ3v) is 2.10. The minimum absolute atomic E-state index is 0.285. The van der Waals surface area contributed by atoms with Gasteiger partial charge in [-0.15, -0.1) is 0 Å². The number of pyridine rings is 1. The van der Waals surface area contributed by atoms with E-state index in [1.54, 1.807) is 6.07 Å². The monoisotopic (exact) mass is 209 g/mol. The van der Waals surface area contributed by atoms with Crippen LogP contribution in [0.15, 0.2) is 10.5 Å². The summed E-state index contributed by atoms with van der Waals surface area (Å²) in [7, 11) is 1.82. The molecule has 0 aromatic carbocycles. The van der Waals surface area contributed by atoms with E-state index in [1.165, 1.54) is 0 Å². The lowest BCUT2D eigenvalue weighted by atomic mass is 10.0. The molecule has 0 spiro atoms. The molecule has 0 aliphatic heterocycles. The molecule has 0 saturated heterocycles. The summed E-state index contributed by atoms with van der Waals surface area (Å²) in [5.74, 6) is 0.285. The molecule has 2 N–H and O–H groups in total. The Morgan fingerprint density at radius 3 is 2.91 bits per heavy atom. The number of hydrogen-bond acceptors (Lipinski definition) is 3. The van der Waals surface area contributed by atoms with Gasteiger partial charge in [-0.2, -0.15) is 5.26 Å². The fourth-order valence-corrected chi connectivity index (χ4v) is 1.01. The molecule has 0 unspecified atom stereocenters. The summed E-state index contributed by atoms with van der Waals surface area (Å²) in [5.41, 5.74) is 6.64. The van der Waals surface area contributed by atoms with E-state index < -0.39 is 0 Å². The number of halogens is 1. The Labute approximate surface area is 73.8 Å². The van der Waals surface area contributed by atoms with Crippen molar-refractivity contribution in [3.8, 4) is 6.07 Å². The van der Waals surface area contributed by atoms with Crippen LogP contribution >= 0.6 is 15.9 Å². The average molecular weight is 210 g/mol. The Bertz CT molecular complexity index is 331. The van der Waals surface area contributed by atoms with Gasteiger partial charge >= 0.3 is 0 Å². The van der Waals surface area contributed by atoms with Crippen LogP contribution in [0.1, 0.15) is 5.56 Å². The van der Waals surface area contributed by atoms with E-state index in [2.05, 4.69) is 20.9 Å². The summed E-state index contributed by atoms with van der Waals surface area (Å²) in [4.78, 5) is 3.95. The molecule has 1 heterocycles. The third-order valence-electron chi connectivity index (χ3n) is 1.30. The molecule has 11 heavy (non-hydrogen) atoms. The lowest BCUT2D eigenvalue weighted by molar-refractivity contribution is 1.34.